The summed E-state index contributed by atoms with van der Waals surface area (Å²) in [6, 6.07) is 8.43. The number of azo groups is 2. The van der Waals surface area contributed by atoms with Gasteiger partial charge in [0.15, 0.2) is 11.6 Å². The van der Waals surface area contributed by atoms with Crippen LogP contribution < -0.4 is 21.3 Å². The Labute approximate surface area is 348 Å². The van der Waals surface area contributed by atoms with E-state index in [1.807, 2.05) is 12.1 Å². The van der Waals surface area contributed by atoms with Gasteiger partial charge in [-0.15, -0.1) is 20.5 Å². The van der Waals surface area contributed by atoms with Gasteiger partial charge in [0.25, 0.3) is 20.2 Å². The highest BCUT2D eigenvalue weighted by atomic mass is 32.2. The van der Waals surface area contributed by atoms with Crippen LogP contribution >= 0.6 is 0 Å². The molecule has 0 atom stereocenters. The van der Waals surface area contributed by atoms with Crippen molar-refractivity contribution in [2.24, 2.45) is 20.5 Å². The van der Waals surface area contributed by atoms with Crippen LogP contribution in [0.4, 0.5) is 46.0 Å². The number of nitrogens with zero attached hydrogens (tertiary/aromatic N) is 8. The predicted octanol–water partition coefficient (Wildman–Crippen LogP) is 2.61. The zero-order valence-corrected chi connectivity index (χ0v) is 34.5. The lowest BCUT2D eigenvalue weighted by Gasteiger charge is -2.15. The fourth-order valence-corrected chi connectivity index (χ4v) is 8.11. The third-order valence-corrected chi connectivity index (χ3v) is 11.7. The van der Waals surface area contributed by atoms with Crippen LogP contribution in [0.15, 0.2) is 76.4 Å². The number of sulfone groups is 1. The van der Waals surface area contributed by atoms with Gasteiger partial charge in [-0.05, 0) is 50.2 Å². The van der Waals surface area contributed by atoms with E-state index in [9.17, 15) is 65.3 Å². The van der Waals surface area contributed by atoms with E-state index in [1.54, 1.807) is 0 Å². The summed E-state index contributed by atoms with van der Waals surface area (Å²) in [5.41, 5.74) is -1.07. The molecule has 0 fully saturated rings. The standard InChI is InChI=1S/C34H38N12O12S3/c1-19-23(17-35)31(37-7-11-47)41-33(39-9-13-49)29(19)45-43-25-5-3-21(15-27(25)60(53,54)55)59(51,52)22-4-6-26(28(16-22)61(56,57)58)44-46-30-20(2)24(18-36)32(38-8-12-48)42-34(30)40-10-14-50/h3-6,15-16,47-50H,7-14H2,1-2H3,(H2,37,39,41)(H2,38,40,42)(H,53,54,55)(H,56,57,58)/b45-43+,46-44+. The van der Waals surface area contributed by atoms with Gasteiger partial charge in [0.1, 0.15) is 56.3 Å². The van der Waals surface area contributed by atoms with Crippen molar-refractivity contribution in [3.63, 3.8) is 0 Å². The van der Waals surface area contributed by atoms with Crippen LogP contribution in [0.1, 0.15) is 22.3 Å². The van der Waals surface area contributed by atoms with E-state index >= 15 is 0 Å². The summed E-state index contributed by atoms with van der Waals surface area (Å²) < 4.78 is 98.3. The van der Waals surface area contributed by atoms with Crippen molar-refractivity contribution >= 4 is 76.1 Å². The smallest absolute Gasteiger partial charge is 0.296 e. The van der Waals surface area contributed by atoms with E-state index in [0.717, 1.165) is 24.3 Å². The zero-order chi connectivity index (χ0) is 45.1. The SMILES string of the molecule is Cc1c(C#N)c(NCCO)nc(NCCO)c1/N=N/c1ccc(S(=O)(=O)c2ccc(/N=N/c3c(NCCO)nc(NCCO)c(C#N)c3C)c(S(=O)(=O)O)c2)cc1S(=O)(=O)O. The maximum Gasteiger partial charge on any atom is 0.296 e. The number of aliphatic hydroxyl groups is 4. The number of anilines is 4. The molecule has 2 aromatic carbocycles. The van der Waals surface area contributed by atoms with Crippen molar-refractivity contribution in [3.8, 4) is 12.1 Å². The van der Waals surface area contributed by atoms with Crippen molar-refractivity contribution in [1.29, 1.82) is 10.5 Å². The molecule has 4 aromatic rings. The van der Waals surface area contributed by atoms with Crippen molar-refractivity contribution in [2.75, 3.05) is 73.9 Å². The van der Waals surface area contributed by atoms with Gasteiger partial charge >= 0.3 is 0 Å². The van der Waals surface area contributed by atoms with E-state index in [1.165, 1.54) is 13.8 Å². The topological polar surface area (TPSA) is 395 Å². The Bertz CT molecular complexity index is 2610. The number of benzene rings is 2. The Hall–Kier alpha value is -6.27. The molecule has 0 aliphatic carbocycles. The Morgan fingerprint density at radius 3 is 1.18 bits per heavy atom. The van der Waals surface area contributed by atoms with E-state index in [2.05, 4.69) is 51.7 Å². The van der Waals surface area contributed by atoms with Gasteiger partial charge < -0.3 is 41.7 Å². The summed E-state index contributed by atoms with van der Waals surface area (Å²) in [7, 11) is -15.4. The molecular formula is C34H38N12O12S3. The average molecular weight is 903 g/mol. The van der Waals surface area contributed by atoms with E-state index in [-0.39, 0.29) is 110 Å². The lowest BCUT2D eigenvalue weighted by Crippen LogP contribution is -2.13. The Kier molecular flexibility index (Phi) is 15.8. The van der Waals surface area contributed by atoms with E-state index < -0.39 is 61.0 Å². The lowest BCUT2D eigenvalue weighted by atomic mass is 10.1. The summed E-state index contributed by atoms with van der Waals surface area (Å²) in [6.07, 6.45) is 0. The third kappa shape index (κ3) is 11.1. The van der Waals surface area contributed by atoms with Crippen molar-refractivity contribution in [1.82, 2.24) is 9.97 Å². The molecule has 2 heterocycles. The molecule has 0 aliphatic heterocycles. The molecule has 324 valence electrons. The normalized spacial score (nSPS) is 12.0. The van der Waals surface area contributed by atoms with Crippen LogP contribution in [0.2, 0.25) is 0 Å². The Morgan fingerprint density at radius 2 is 0.885 bits per heavy atom. The van der Waals surface area contributed by atoms with Crippen LogP contribution in [0, 0.1) is 36.5 Å². The highest BCUT2D eigenvalue weighted by Gasteiger charge is 2.27. The fourth-order valence-electron chi connectivity index (χ4n) is 5.35. The first-order valence-corrected chi connectivity index (χ1v) is 21.8. The largest absolute Gasteiger partial charge is 0.395 e. The molecule has 0 radical (unpaired) electrons. The number of nitriles is 2. The van der Waals surface area contributed by atoms with Crippen LogP contribution in [-0.4, -0.2) is 117 Å². The number of aliphatic hydroxyl groups excluding tert-OH is 4. The molecule has 0 amide bonds. The van der Waals surface area contributed by atoms with E-state index in [0.29, 0.717) is 12.1 Å². The highest BCUT2D eigenvalue weighted by Crippen LogP contribution is 2.39. The van der Waals surface area contributed by atoms with Gasteiger partial charge in [-0.1, -0.05) is 0 Å². The minimum Gasteiger partial charge on any atom is -0.395 e. The van der Waals surface area contributed by atoms with Gasteiger partial charge in [0.05, 0.1) is 47.3 Å². The molecule has 0 aliphatic rings. The molecule has 61 heavy (non-hydrogen) atoms. The second-order valence-corrected chi connectivity index (χ2v) is 17.0. The molecule has 0 saturated carbocycles. The fraction of sp³-hybridized carbons (Fsp3) is 0.294. The van der Waals surface area contributed by atoms with Crippen molar-refractivity contribution in [3.05, 3.63) is 58.7 Å². The molecule has 0 bridgehead atoms. The summed E-state index contributed by atoms with van der Waals surface area (Å²) in [5, 5.41) is 83.7. The van der Waals surface area contributed by atoms with Crippen LogP contribution in [0.5, 0.6) is 0 Å². The first kappa shape index (κ1) is 47.4. The first-order chi connectivity index (χ1) is 28.9. The molecule has 27 heteroatoms. The molecular weight excluding hydrogens is 865 g/mol. The highest BCUT2D eigenvalue weighted by molar-refractivity contribution is 7.91. The van der Waals surface area contributed by atoms with Gasteiger partial charge in [-0.2, -0.15) is 27.4 Å². The van der Waals surface area contributed by atoms with Gasteiger partial charge in [0, 0.05) is 37.3 Å². The first-order valence-electron chi connectivity index (χ1n) is 17.5. The molecule has 2 aromatic heterocycles. The summed E-state index contributed by atoms with van der Waals surface area (Å²) in [4.78, 5) is 4.83. The minimum atomic E-state index is -5.26. The number of hydrogen-bond acceptors (Lipinski definition) is 22. The average Bonchev–Trinajstić information content (AvgIpc) is 3.21. The number of hydrogen-bond donors (Lipinski definition) is 10. The zero-order valence-electron chi connectivity index (χ0n) is 32.1. The van der Waals surface area contributed by atoms with Crippen LogP contribution in [0.3, 0.4) is 0 Å². The molecule has 4 rings (SSSR count). The number of pyridine rings is 2. The number of aromatic nitrogens is 2. The molecule has 0 spiro atoms. The van der Waals surface area contributed by atoms with Crippen molar-refractivity contribution in [2.45, 2.75) is 33.4 Å². The molecule has 0 saturated heterocycles. The minimum absolute atomic E-state index is 0.0216. The van der Waals surface area contributed by atoms with Gasteiger partial charge in [-0.3, -0.25) is 9.11 Å². The summed E-state index contributed by atoms with van der Waals surface area (Å²) in [5.74, 6) is 0.0507. The maximum atomic E-state index is 13.9. The quantitative estimate of drug-likeness (QED) is 0.0450. The summed E-state index contributed by atoms with van der Waals surface area (Å²) in [6.45, 7) is 1.56. The van der Waals surface area contributed by atoms with Gasteiger partial charge in [-0.25, -0.2) is 18.4 Å². The molecule has 10 N–H and O–H groups in total. The monoisotopic (exact) mass is 902 g/mol. The lowest BCUT2D eigenvalue weighted by molar-refractivity contribution is 0.310. The second-order valence-electron chi connectivity index (χ2n) is 12.3. The third-order valence-electron chi connectivity index (χ3n) is 8.22. The van der Waals surface area contributed by atoms with Crippen LogP contribution in [0.25, 0.3) is 0 Å². The Balaban J connectivity index is 1.82. The summed E-state index contributed by atoms with van der Waals surface area (Å²) >= 11 is 0. The molecule has 24 nitrogen and oxygen atoms in total. The Morgan fingerprint density at radius 1 is 0.557 bits per heavy atom. The van der Waals surface area contributed by atoms with E-state index in [4.69, 9.17) is 0 Å². The maximum absolute atomic E-state index is 13.9. The van der Waals surface area contributed by atoms with Crippen molar-refractivity contribution < 1.29 is 54.8 Å². The molecule has 0 unspecified atom stereocenters. The number of rotatable bonds is 20. The number of nitrogens with one attached hydrogen (secondary N) is 4. The van der Waals surface area contributed by atoms with Crippen LogP contribution in [-0.2, 0) is 30.1 Å². The second kappa shape index (κ2) is 20.3. The van der Waals surface area contributed by atoms with Gasteiger partial charge in [0.2, 0.25) is 9.84 Å². The predicted molar refractivity (Wildman–Crippen MR) is 216 cm³/mol.